The number of carbonyl (C=O) groups is 2. The third kappa shape index (κ3) is 7.21. The van der Waals surface area contributed by atoms with Crippen molar-refractivity contribution in [1.29, 1.82) is 0 Å². The number of halogens is 5. The molecule has 0 aliphatic heterocycles. The van der Waals surface area contributed by atoms with E-state index < -0.39 is 24.0 Å². The standard InChI is InChI=1S/C13H17F2N3O3.C2HF3O2/c1-7-3-9(11(19)20)18-12(17-7)16-6-10(21-2)8-4-13(14,15)5-8;3-2(4,5)1(6)7/h3,8,10H,4-6H2,1-2H3,(H,19,20)(H,16,17,18);(H,6,7). The summed E-state index contributed by atoms with van der Waals surface area (Å²) < 4.78 is 62.7. The Balaban J connectivity index is 0.000000480. The average Bonchev–Trinajstić information content (AvgIpc) is 2.52. The fourth-order valence-corrected chi connectivity index (χ4v) is 2.36. The molecule has 1 fully saturated rings. The van der Waals surface area contributed by atoms with Crippen molar-refractivity contribution in [3.05, 3.63) is 17.5 Å². The quantitative estimate of drug-likeness (QED) is 0.606. The van der Waals surface area contributed by atoms with Crippen LogP contribution in [0.3, 0.4) is 0 Å². The number of hydrogen-bond acceptors (Lipinski definition) is 6. The van der Waals surface area contributed by atoms with Gasteiger partial charge in [-0.15, -0.1) is 0 Å². The Kier molecular flexibility index (Phi) is 7.61. The van der Waals surface area contributed by atoms with E-state index in [4.69, 9.17) is 19.7 Å². The molecule has 0 amide bonds. The molecule has 0 aromatic carbocycles. The molecule has 1 aromatic rings. The van der Waals surface area contributed by atoms with Gasteiger partial charge in [0.25, 0.3) is 0 Å². The predicted molar refractivity (Wildman–Crippen MR) is 84.4 cm³/mol. The minimum Gasteiger partial charge on any atom is -0.477 e. The number of ether oxygens (including phenoxy) is 1. The van der Waals surface area contributed by atoms with E-state index in [1.165, 1.54) is 13.2 Å². The van der Waals surface area contributed by atoms with E-state index in [1.54, 1.807) is 6.92 Å². The van der Waals surface area contributed by atoms with Gasteiger partial charge in [-0.3, -0.25) is 0 Å². The summed E-state index contributed by atoms with van der Waals surface area (Å²) in [6, 6.07) is 1.35. The number of nitrogens with zero attached hydrogens (tertiary/aromatic N) is 2. The van der Waals surface area contributed by atoms with Gasteiger partial charge in [-0.1, -0.05) is 0 Å². The van der Waals surface area contributed by atoms with Crippen LogP contribution in [0.1, 0.15) is 29.0 Å². The number of aliphatic carboxylic acids is 1. The smallest absolute Gasteiger partial charge is 0.477 e. The lowest BCUT2D eigenvalue weighted by atomic mass is 9.77. The molecule has 1 heterocycles. The Morgan fingerprint density at radius 3 is 2.25 bits per heavy atom. The molecule has 158 valence electrons. The van der Waals surface area contributed by atoms with Gasteiger partial charge in [0.05, 0.1) is 6.10 Å². The van der Waals surface area contributed by atoms with Crippen LogP contribution in [0.2, 0.25) is 0 Å². The van der Waals surface area contributed by atoms with Gasteiger partial charge in [-0.05, 0) is 18.9 Å². The molecule has 0 radical (unpaired) electrons. The number of aromatic carboxylic acids is 1. The van der Waals surface area contributed by atoms with Gasteiger partial charge in [-0.25, -0.2) is 28.3 Å². The van der Waals surface area contributed by atoms with Crippen molar-refractivity contribution in [3.8, 4) is 0 Å². The highest BCUT2D eigenvalue weighted by molar-refractivity contribution is 5.85. The van der Waals surface area contributed by atoms with Crippen LogP contribution in [0.5, 0.6) is 0 Å². The fourth-order valence-electron chi connectivity index (χ4n) is 2.36. The van der Waals surface area contributed by atoms with Crippen molar-refractivity contribution in [3.63, 3.8) is 0 Å². The first-order valence-corrected chi connectivity index (χ1v) is 7.78. The number of anilines is 1. The molecule has 1 aromatic heterocycles. The number of carboxylic acid groups (broad SMARTS) is 2. The van der Waals surface area contributed by atoms with Crippen LogP contribution in [0.25, 0.3) is 0 Å². The van der Waals surface area contributed by atoms with E-state index in [9.17, 15) is 26.7 Å². The second-order valence-corrected chi connectivity index (χ2v) is 6.01. The first kappa shape index (κ1) is 23.5. The van der Waals surface area contributed by atoms with Crippen molar-refractivity contribution in [2.45, 2.75) is 38.0 Å². The van der Waals surface area contributed by atoms with E-state index in [1.807, 2.05) is 0 Å². The van der Waals surface area contributed by atoms with E-state index in [0.717, 1.165) is 0 Å². The first-order valence-electron chi connectivity index (χ1n) is 7.78. The van der Waals surface area contributed by atoms with Crippen molar-refractivity contribution in [1.82, 2.24) is 9.97 Å². The highest BCUT2D eigenvalue weighted by Crippen LogP contribution is 2.44. The summed E-state index contributed by atoms with van der Waals surface area (Å²) in [6.45, 7) is 1.90. The molecule has 28 heavy (non-hydrogen) atoms. The second-order valence-electron chi connectivity index (χ2n) is 6.01. The maximum Gasteiger partial charge on any atom is 0.490 e. The number of aromatic nitrogens is 2. The van der Waals surface area contributed by atoms with Crippen LogP contribution in [0, 0.1) is 12.8 Å². The zero-order valence-electron chi connectivity index (χ0n) is 14.8. The molecular formula is C15H18F5N3O5. The van der Waals surface area contributed by atoms with Crippen molar-refractivity contribution < 1.29 is 46.5 Å². The maximum atomic E-state index is 12.9. The third-order valence-corrected chi connectivity index (χ3v) is 3.73. The Morgan fingerprint density at radius 2 is 1.86 bits per heavy atom. The number of aryl methyl sites for hydroxylation is 1. The van der Waals surface area contributed by atoms with Crippen molar-refractivity contribution >= 4 is 17.9 Å². The topological polar surface area (TPSA) is 122 Å². The number of nitrogens with one attached hydrogen (secondary N) is 1. The minimum atomic E-state index is -5.08. The molecule has 1 saturated carbocycles. The third-order valence-electron chi connectivity index (χ3n) is 3.73. The molecule has 1 aliphatic carbocycles. The van der Waals surface area contributed by atoms with Crippen LogP contribution < -0.4 is 5.32 Å². The van der Waals surface area contributed by atoms with Crippen LogP contribution in [-0.2, 0) is 9.53 Å². The van der Waals surface area contributed by atoms with Crippen molar-refractivity contribution in [2.24, 2.45) is 5.92 Å². The van der Waals surface area contributed by atoms with Crippen LogP contribution in [-0.4, -0.2) is 64.0 Å². The van der Waals surface area contributed by atoms with E-state index in [-0.39, 0.29) is 43.1 Å². The molecule has 8 nitrogen and oxygen atoms in total. The molecule has 0 spiro atoms. The Morgan fingerprint density at radius 1 is 1.32 bits per heavy atom. The van der Waals surface area contributed by atoms with Gasteiger partial charge in [0.1, 0.15) is 0 Å². The largest absolute Gasteiger partial charge is 0.490 e. The lowest BCUT2D eigenvalue weighted by molar-refractivity contribution is -0.192. The SMILES string of the molecule is COC(CNc1nc(C)cc(C(=O)O)n1)C1CC(F)(F)C1.O=C(O)C(F)(F)F. The monoisotopic (exact) mass is 415 g/mol. The van der Waals surface area contributed by atoms with Crippen LogP contribution in [0.15, 0.2) is 6.07 Å². The maximum absolute atomic E-state index is 12.9. The van der Waals surface area contributed by atoms with E-state index in [2.05, 4.69) is 15.3 Å². The molecule has 0 saturated heterocycles. The van der Waals surface area contributed by atoms with Crippen molar-refractivity contribution in [2.75, 3.05) is 19.0 Å². The summed E-state index contributed by atoms with van der Waals surface area (Å²) in [4.78, 5) is 27.7. The van der Waals surface area contributed by atoms with Crippen LogP contribution >= 0.6 is 0 Å². The number of carboxylic acids is 2. The molecule has 1 atom stereocenters. The lowest BCUT2D eigenvalue weighted by Crippen LogP contribution is -2.45. The van der Waals surface area contributed by atoms with Gasteiger partial charge in [-0.2, -0.15) is 13.2 Å². The zero-order valence-corrected chi connectivity index (χ0v) is 14.8. The van der Waals surface area contributed by atoms with E-state index >= 15 is 0 Å². The summed E-state index contributed by atoms with van der Waals surface area (Å²) in [5, 5.41) is 18.9. The summed E-state index contributed by atoms with van der Waals surface area (Å²) in [5.41, 5.74) is 0.392. The summed E-state index contributed by atoms with van der Waals surface area (Å²) >= 11 is 0. The Hall–Kier alpha value is -2.57. The number of alkyl halides is 5. The summed E-state index contributed by atoms with van der Waals surface area (Å²) in [5.74, 6) is -6.57. The zero-order chi connectivity index (χ0) is 21.7. The fraction of sp³-hybridized carbons (Fsp3) is 0.600. The highest BCUT2D eigenvalue weighted by atomic mass is 19.4. The van der Waals surface area contributed by atoms with Gasteiger partial charge in [0.2, 0.25) is 11.9 Å². The average molecular weight is 415 g/mol. The predicted octanol–water partition coefficient (Wildman–Crippen LogP) is 2.59. The minimum absolute atomic E-state index is 0.117. The first-order chi connectivity index (χ1) is 12.7. The Labute approximate surface area is 155 Å². The van der Waals surface area contributed by atoms with Gasteiger partial charge < -0.3 is 20.3 Å². The highest BCUT2D eigenvalue weighted by Gasteiger charge is 2.48. The Bertz CT molecular complexity index is 706. The molecule has 2 rings (SSSR count). The van der Waals surface area contributed by atoms with E-state index in [0.29, 0.717) is 5.69 Å². The normalized spacial score (nSPS) is 17.0. The van der Waals surface area contributed by atoms with Gasteiger partial charge in [0.15, 0.2) is 5.69 Å². The van der Waals surface area contributed by atoms with Crippen LogP contribution in [0.4, 0.5) is 27.9 Å². The number of methoxy groups -OCH3 is 1. The molecule has 0 bridgehead atoms. The molecule has 1 aliphatic rings. The molecule has 1 unspecified atom stereocenters. The van der Waals surface area contributed by atoms with Gasteiger partial charge >= 0.3 is 18.1 Å². The summed E-state index contributed by atoms with van der Waals surface area (Å²) in [7, 11) is 1.46. The molecule has 3 N–H and O–H groups in total. The summed E-state index contributed by atoms with van der Waals surface area (Å²) in [6.07, 6.45) is -5.85. The number of rotatable bonds is 6. The molecule has 13 heteroatoms. The van der Waals surface area contributed by atoms with Gasteiger partial charge in [0, 0.05) is 32.2 Å². The molecular weight excluding hydrogens is 397 g/mol. The second kappa shape index (κ2) is 9.08. The lowest BCUT2D eigenvalue weighted by Gasteiger charge is -2.39. The number of hydrogen-bond donors (Lipinski definition) is 3.